The minimum Gasteiger partial charge on any atom is -0.383 e. The van der Waals surface area contributed by atoms with E-state index in [0.29, 0.717) is 18.1 Å². The SMILES string of the molecule is COC[C@@H](C)n1c(C)cc(C(=O)Cn2cnc3sc4c(c3c2=O)CC[C@H](C)C4)c1C. The Labute approximate surface area is 180 Å². The van der Waals surface area contributed by atoms with Gasteiger partial charge in [-0.05, 0) is 57.6 Å². The summed E-state index contributed by atoms with van der Waals surface area (Å²) < 4.78 is 8.87. The molecule has 0 saturated carbocycles. The van der Waals surface area contributed by atoms with Crippen molar-refractivity contribution in [2.45, 2.75) is 59.5 Å². The average Bonchev–Trinajstić information content (AvgIpc) is 3.20. The number of hydrogen-bond acceptors (Lipinski definition) is 5. The van der Waals surface area contributed by atoms with Gasteiger partial charge in [0.1, 0.15) is 4.83 Å². The van der Waals surface area contributed by atoms with Crippen molar-refractivity contribution in [3.63, 3.8) is 0 Å². The van der Waals surface area contributed by atoms with E-state index in [1.165, 1.54) is 15.8 Å². The summed E-state index contributed by atoms with van der Waals surface area (Å²) in [5, 5.41) is 0.719. The number of rotatable bonds is 6. The highest BCUT2D eigenvalue weighted by atomic mass is 32.1. The molecule has 0 aliphatic heterocycles. The molecular formula is C23H29N3O3S. The molecule has 0 radical (unpaired) electrons. The summed E-state index contributed by atoms with van der Waals surface area (Å²) in [6.07, 6.45) is 4.56. The number of ether oxygens (including phenoxy) is 1. The van der Waals surface area contributed by atoms with Gasteiger partial charge in [-0.2, -0.15) is 0 Å². The lowest BCUT2D eigenvalue weighted by molar-refractivity contribution is 0.0969. The summed E-state index contributed by atoms with van der Waals surface area (Å²) in [4.78, 5) is 32.9. The lowest BCUT2D eigenvalue weighted by atomic mass is 9.89. The standard InChI is InChI=1S/C23H29N3O3S/c1-13-6-7-17-20(8-13)30-22-21(17)23(28)25(12-24-22)10-19(27)18-9-14(2)26(16(18)4)15(3)11-29-5/h9,12-13,15H,6-8,10-11H2,1-5H3/t13-,15+/m0/s1. The van der Waals surface area contributed by atoms with Gasteiger partial charge in [0.25, 0.3) is 5.56 Å². The fraction of sp³-hybridized carbons (Fsp3) is 0.522. The first-order valence-electron chi connectivity index (χ1n) is 10.5. The van der Waals surface area contributed by atoms with Crippen LogP contribution in [-0.4, -0.2) is 33.6 Å². The molecule has 0 amide bonds. The number of nitrogens with zero attached hydrogens (tertiary/aromatic N) is 3. The van der Waals surface area contributed by atoms with E-state index in [2.05, 4.69) is 23.4 Å². The van der Waals surface area contributed by atoms with E-state index in [9.17, 15) is 9.59 Å². The van der Waals surface area contributed by atoms with Crippen LogP contribution in [0.3, 0.4) is 0 Å². The lowest BCUT2D eigenvalue weighted by Crippen LogP contribution is -2.25. The van der Waals surface area contributed by atoms with Crippen molar-refractivity contribution < 1.29 is 9.53 Å². The quantitative estimate of drug-likeness (QED) is 0.556. The summed E-state index contributed by atoms with van der Waals surface area (Å²) in [5.41, 5.74) is 3.64. The van der Waals surface area contributed by atoms with Crippen LogP contribution in [0.15, 0.2) is 17.2 Å². The van der Waals surface area contributed by atoms with Crippen LogP contribution in [0, 0.1) is 19.8 Å². The van der Waals surface area contributed by atoms with E-state index in [4.69, 9.17) is 4.74 Å². The van der Waals surface area contributed by atoms with Gasteiger partial charge in [-0.3, -0.25) is 14.2 Å². The maximum Gasteiger partial charge on any atom is 0.262 e. The first-order chi connectivity index (χ1) is 14.3. The van der Waals surface area contributed by atoms with Gasteiger partial charge >= 0.3 is 0 Å². The summed E-state index contributed by atoms with van der Waals surface area (Å²) >= 11 is 1.63. The van der Waals surface area contributed by atoms with Crippen molar-refractivity contribution in [1.82, 2.24) is 14.1 Å². The third-order valence-corrected chi connectivity index (χ3v) is 7.39. The number of carbonyl (C=O) groups excluding carboxylic acids is 1. The Morgan fingerprint density at radius 1 is 1.40 bits per heavy atom. The fourth-order valence-electron chi connectivity index (χ4n) is 4.77. The maximum absolute atomic E-state index is 13.2. The Kier molecular flexibility index (Phi) is 5.68. The Balaban J connectivity index is 1.67. The highest BCUT2D eigenvalue weighted by Gasteiger charge is 2.24. The predicted molar refractivity (Wildman–Crippen MR) is 120 cm³/mol. The highest BCUT2D eigenvalue weighted by molar-refractivity contribution is 7.18. The fourth-order valence-corrected chi connectivity index (χ4v) is 6.11. The van der Waals surface area contributed by atoms with Crippen LogP contribution in [0.1, 0.15) is 58.5 Å². The largest absolute Gasteiger partial charge is 0.383 e. The highest BCUT2D eigenvalue weighted by Crippen LogP contribution is 2.35. The van der Waals surface area contributed by atoms with Crippen LogP contribution in [0.2, 0.25) is 0 Å². The van der Waals surface area contributed by atoms with Gasteiger partial charge in [-0.25, -0.2) is 4.98 Å². The van der Waals surface area contributed by atoms with Crippen molar-refractivity contribution in [3.8, 4) is 0 Å². The Morgan fingerprint density at radius 3 is 2.90 bits per heavy atom. The number of Topliss-reactive ketones (excluding diaryl/α,β-unsaturated/α-hetero) is 1. The number of hydrogen-bond donors (Lipinski definition) is 0. The summed E-state index contributed by atoms with van der Waals surface area (Å²) in [6, 6.07) is 2.05. The van der Waals surface area contributed by atoms with E-state index >= 15 is 0 Å². The molecule has 7 heteroatoms. The van der Waals surface area contributed by atoms with Crippen molar-refractivity contribution in [2.75, 3.05) is 13.7 Å². The molecule has 1 aliphatic rings. The van der Waals surface area contributed by atoms with Crippen molar-refractivity contribution in [2.24, 2.45) is 5.92 Å². The molecule has 3 aromatic rings. The number of aryl methyl sites for hydroxylation is 2. The minimum absolute atomic E-state index is 0.00570. The second-order valence-electron chi connectivity index (χ2n) is 8.59. The van der Waals surface area contributed by atoms with Crippen molar-refractivity contribution >= 4 is 27.3 Å². The molecule has 0 fully saturated rings. The smallest absolute Gasteiger partial charge is 0.262 e. The van der Waals surface area contributed by atoms with E-state index in [1.807, 2.05) is 19.9 Å². The van der Waals surface area contributed by atoms with Gasteiger partial charge in [-0.15, -0.1) is 11.3 Å². The Morgan fingerprint density at radius 2 is 2.17 bits per heavy atom. The zero-order valence-corrected chi connectivity index (χ0v) is 19.1. The molecule has 3 heterocycles. The Hall–Kier alpha value is -2.25. The monoisotopic (exact) mass is 427 g/mol. The summed E-state index contributed by atoms with van der Waals surface area (Å²) in [5.74, 6) is 0.574. The minimum atomic E-state index is -0.0954. The predicted octanol–water partition coefficient (Wildman–Crippen LogP) is 4.09. The topological polar surface area (TPSA) is 66.1 Å². The normalized spacial score (nSPS) is 17.3. The molecule has 1 aliphatic carbocycles. The Bertz CT molecular complexity index is 1170. The van der Waals surface area contributed by atoms with Crippen LogP contribution < -0.4 is 5.56 Å². The average molecular weight is 428 g/mol. The number of fused-ring (bicyclic) bond motifs is 3. The van der Waals surface area contributed by atoms with Gasteiger partial charge in [0, 0.05) is 28.9 Å². The zero-order valence-electron chi connectivity index (χ0n) is 18.3. The molecule has 0 spiro atoms. The molecule has 0 unspecified atom stereocenters. The van der Waals surface area contributed by atoms with Gasteiger partial charge in [0.15, 0.2) is 5.78 Å². The first kappa shape index (κ1) is 21.0. The number of thiophene rings is 1. The van der Waals surface area contributed by atoms with Crippen LogP contribution >= 0.6 is 11.3 Å². The zero-order chi connectivity index (χ0) is 21.6. The van der Waals surface area contributed by atoms with E-state index in [-0.39, 0.29) is 23.9 Å². The molecule has 160 valence electrons. The third-order valence-electron chi connectivity index (χ3n) is 6.23. The molecular weight excluding hydrogens is 398 g/mol. The van der Waals surface area contributed by atoms with E-state index < -0.39 is 0 Å². The van der Waals surface area contributed by atoms with Gasteiger partial charge in [0.05, 0.1) is 30.9 Å². The second kappa shape index (κ2) is 8.12. The number of aromatic nitrogens is 3. The summed E-state index contributed by atoms with van der Waals surface area (Å²) in [6.45, 7) is 8.85. The number of methoxy groups -OCH3 is 1. The molecule has 4 rings (SSSR count). The summed E-state index contributed by atoms with van der Waals surface area (Å²) in [7, 11) is 1.68. The molecule has 2 atom stereocenters. The van der Waals surface area contributed by atoms with Crippen LogP contribution in [-0.2, 0) is 24.1 Å². The lowest BCUT2D eigenvalue weighted by Gasteiger charge is -2.18. The molecule has 0 saturated heterocycles. The second-order valence-corrected chi connectivity index (χ2v) is 9.68. The molecule has 0 aromatic carbocycles. The first-order valence-corrected chi connectivity index (χ1v) is 11.3. The van der Waals surface area contributed by atoms with Gasteiger partial charge in [-0.1, -0.05) is 6.92 Å². The van der Waals surface area contributed by atoms with E-state index in [1.54, 1.807) is 18.4 Å². The van der Waals surface area contributed by atoms with E-state index in [0.717, 1.165) is 46.4 Å². The molecule has 6 nitrogen and oxygen atoms in total. The van der Waals surface area contributed by atoms with Gasteiger partial charge < -0.3 is 9.30 Å². The van der Waals surface area contributed by atoms with Crippen LogP contribution in [0.25, 0.3) is 10.2 Å². The van der Waals surface area contributed by atoms with Crippen LogP contribution in [0.4, 0.5) is 0 Å². The third kappa shape index (κ3) is 3.54. The van der Waals surface area contributed by atoms with Crippen LogP contribution in [0.5, 0.6) is 0 Å². The number of ketones is 1. The maximum atomic E-state index is 13.2. The van der Waals surface area contributed by atoms with Crippen molar-refractivity contribution in [3.05, 3.63) is 50.1 Å². The van der Waals surface area contributed by atoms with Crippen molar-refractivity contribution in [1.29, 1.82) is 0 Å². The van der Waals surface area contributed by atoms with Gasteiger partial charge in [0.2, 0.25) is 0 Å². The molecule has 0 N–H and O–H groups in total. The molecule has 30 heavy (non-hydrogen) atoms. The number of carbonyl (C=O) groups is 1. The molecule has 3 aromatic heterocycles. The molecule has 0 bridgehead atoms.